The lowest BCUT2D eigenvalue weighted by Crippen LogP contribution is -2.81. The lowest BCUT2D eigenvalue weighted by molar-refractivity contribution is -0.401. The summed E-state index contributed by atoms with van der Waals surface area (Å²) < 4.78 is 17.2. The minimum absolute atomic E-state index is 0.382. The Morgan fingerprint density at radius 1 is 0.958 bits per heavy atom. The molecule has 0 amide bonds. The highest BCUT2D eigenvalue weighted by atomic mass is 16.7. The van der Waals surface area contributed by atoms with Crippen molar-refractivity contribution in [3.8, 4) is 0 Å². The first-order valence-corrected chi connectivity index (χ1v) is 9.45. The highest BCUT2D eigenvalue weighted by Gasteiger charge is 2.70. The molecule has 24 heavy (non-hydrogen) atoms. The van der Waals surface area contributed by atoms with Crippen LogP contribution in [0, 0.1) is 5.92 Å². The van der Waals surface area contributed by atoms with E-state index < -0.39 is 36.3 Å². The van der Waals surface area contributed by atoms with E-state index in [1.807, 2.05) is 0 Å². The van der Waals surface area contributed by atoms with E-state index in [1.165, 1.54) is 0 Å². The molecule has 1 aliphatic carbocycles. The second-order valence-electron chi connectivity index (χ2n) is 7.15. The Bertz CT molecular complexity index is 379. The van der Waals surface area contributed by atoms with Crippen molar-refractivity contribution in [3.05, 3.63) is 0 Å². The molecule has 1 saturated heterocycles. The van der Waals surface area contributed by atoms with Crippen LogP contribution in [0.15, 0.2) is 0 Å². The first kappa shape index (κ1) is 20.1. The summed E-state index contributed by atoms with van der Waals surface area (Å²) in [7, 11) is 0. The third-order valence-electron chi connectivity index (χ3n) is 5.43. The molecule has 0 aromatic rings. The van der Waals surface area contributed by atoms with Crippen LogP contribution in [-0.2, 0) is 14.2 Å². The molecule has 0 aromatic heterocycles. The van der Waals surface area contributed by atoms with Crippen molar-refractivity contribution < 1.29 is 29.5 Å². The number of aliphatic hydroxyl groups excluding tert-OH is 2. The fraction of sp³-hybridized carbons (Fsp3) is 1.00. The van der Waals surface area contributed by atoms with Gasteiger partial charge in [0.25, 0.3) is 0 Å². The number of fused-ring (bicyclic) bond motifs is 1. The number of aliphatic hydroxyl groups is 3. The molecule has 0 bridgehead atoms. The van der Waals surface area contributed by atoms with Crippen molar-refractivity contribution >= 4 is 0 Å². The normalized spacial score (nSPS) is 41.8. The molecule has 3 unspecified atom stereocenters. The Kier molecular flexibility index (Phi) is 7.46. The smallest absolute Gasteiger partial charge is 0.184 e. The van der Waals surface area contributed by atoms with Gasteiger partial charge in [-0.25, -0.2) is 0 Å². The van der Waals surface area contributed by atoms with Crippen LogP contribution in [0.3, 0.4) is 0 Å². The average molecular weight is 346 g/mol. The largest absolute Gasteiger partial charge is 0.390 e. The Morgan fingerprint density at radius 2 is 1.54 bits per heavy atom. The molecule has 2 rings (SSSR count). The van der Waals surface area contributed by atoms with Crippen molar-refractivity contribution in [3.63, 3.8) is 0 Å². The minimum Gasteiger partial charge on any atom is -0.390 e. The van der Waals surface area contributed by atoms with Crippen LogP contribution in [-0.4, -0.2) is 64.8 Å². The number of rotatable bonds is 10. The molecule has 3 N–H and O–H groups in total. The van der Waals surface area contributed by atoms with Crippen LogP contribution in [0.25, 0.3) is 0 Å². The predicted molar refractivity (Wildman–Crippen MR) is 89.5 cm³/mol. The van der Waals surface area contributed by atoms with Crippen molar-refractivity contribution in [1.29, 1.82) is 0 Å². The van der Waals surface area contributed by atoms with Crippen LogP contribution in [0.2, 0.25) is 0 Å². The van der Waals surface area contributed by atoms with E-state index in [0.717, 1.165) is 38.5 Å². The molecule has 1 heterocycles. The zero-order valence-corrected chi connectivity index (χ0v) is 15.2. The third-order valence-corrected chi connectivity index (χ3v) is 5.43. The van der Waals surface area contributed by atoms with E-state index in [9.17, 15) is 15.3 Å². The van der Waals surface area contributed by atoms with Gasteiger partial charge in [-0.05, 0) is 12.8 Å². The first-order chi connectivity index (χ1) is 11.5. The van der Waals surface area contributed by atoms with Crippen molar-refractivity contribution in [2.24, 2.45) is 5.92 Å². The van der Waals surface area contributed by atoms with Gasteiger partial charge >= 0.3 is 0 Å². The highest BCUT2D eigenvalue weighted by molar-refractivity contribution is 5.18. The molecule has 0 spiro atoms. The van der Waals surface area contributed by atoms with Gasteiger partial charge in [-0.1, -0.05) is 46.5 Å². The maximum absolute atomic E-state index is 11.1. The number of hydrogen-bond donors (Lipinski definition) is 3. The number of ether oxygens (including phenoxy) is 3. The maximum Gasteiger partial charge on any atom is 0.184 e. The molecule has 2 fully saturated rings. The van der Waals surface area contributed by atoms with Gasteiger partial charge < -0.3 is 29.5 Å². The molecular formula is C18H34O6. The van der Waals surface area contributed by atoms with Crippen LogP contribution in [0.4, 0.5) is 0 Å². The molecular weight excluding hydrogens is 312 g/mol. The van der Waals surface area contributed by atoms with E-state index in [2.05, 4.69) is 13.8 Å². The molecule has 1 aliphatic heterocycles. The minimum atomic E-state index is -1.32. The van der Waals surface area contributed by atoms with Crippen LogP contribution >= 0.6 is 0 Å². The third kappa shape index (κ3) is 3.79. The second-order valence-corrected chi connectivity index (χ2v) is 7.15. The highest BCUT2D eigenvalue weighted by Crippen LogP contribution is 2.49. The Labute approximate surface area is 145 Å². The van der Waals surface area contributed by atoms with Crippen LogP contribution < -0.4 is 0 Å². The summed E-state index contributed by atoms with van der Waals surface area (Å²) in [5, 5.41) is 31.4. The lowest BCUT2D eigenvalue weighted by Gasteiger charge is -2.62. The Hall–Kier alpha value is -0.240. The summed E-state index contributed by atoms with van der Waals surface area (Å²) in [6, 6.07) is 0. The fourth-order valence-corrected chi connectivity index (χ4v) is 3.73. The quantitative estimate of drug-likeness (QED) is 0.521. The van der Waals surface area contributed by atoms with E-state index >= 15 is 0 Å². The van der Waals surface area contributed by atoms with E-state index in [-0.39, 0.29) is 5.92 Å². The zero-order chi connectivity index (χ0) is 17.7. The summed E-state index contributed by atoms with van der Waals surface area (Å²) in [5.41, 5.74) is -1.32. The van der Waals surface area contributed by atoms with Gasteiger partial charge in [0.2, 0.25) is 0 Å². The van der Waals surface area contributed by atoms with Gasteiger partial charge in [0.05, 0.1) is 6.10 Å². The summed E-state index contributed by atoms with van der Waals surface area (Å²) in [4.78, 5) is 0. The van der Waals surface area contributed by atoms with E-state index in [1.54, 1.807) is 6.92 Å². The van der Waals surface area contributed by atoms with Crippen LogP contribution in [0.1, 0.15) is 59.3 Å². The van der Waals surface area contributed by atoms with Crippen molar-refractivity contribution in [2.45, 2.75) is 95.6 Å². The first-order valence-electron chi connectivity index (χ1n) is 9.45. The van der Waals surface area contributed by atoms with Gasteiger partial charge in [0, 0.05) is 19.1 Å². The van der Waals surface area contributed by atoms with E-state index in [4.69, 9.17) is 14.2 Å². The van der Waals surface area contributed by atoms with Gasteiger partial charge in [0.1, 0.15) is 23.9 Å². The van der Waals surface area contributed by atoms with E-state index in [0.29, 0.717) is 13.2 Å². The Morgan fingerprint density at radius 3 is 2.12 bits per heavy atom. The molecule has 0 radical (unpaired) electrons. The molecule has 6 heteroatoms. The second kappa shape index (κ2) is 8.92. The average Bonchev–Trinajstić information content (AvgIpc) is 2.58. The van der Waals surface area contributed by atoms with Crippen molar-refractivity contribution in [2.75, 3.05) is 13.2 Å². The summed E-state index contributed by atoms with van der Waals surface area (Å²) in [6.45, 7) is 7.00. The van der Waals surface area contributed by atoms with Gasteiger partial charge in [-0.3, -0.25) is 0 Å². The molecule has 142 valence electrons. The predicted octanol–water partition coefficient (Wildman–Crippen LogP) is 1.60. The molecule has 1 saturated carbocycles. The monoisotopic (exact) mass is 346 g/mol. The molecule has 7 atom stereocenters. The number of unbranched alkanes of at least 4 members (excludes halogenated alkanes) is 4. The van der Waals surface area contributed by atoms with Crippen LogP contribution in [0.5, 0.6) is 0 Å². The standard InChI is InChI=1S/C18H34O6/c1-4-6-8-10-22-14-16(23-11-9-7-5-2)18(21)12(3)13(19)15(18)24-17(14)20/h12-17,19-21H,4-11H2,1-3H3/t12?,13?,14-,15-,16-,17?,18-/m1/s1. The fourth-order valence-electron chi connectivity index (χ4n) is 3.73. The Balaban J connectivity index is 2.04. The summed E-state index contributed by atoms with van der Waals surface area (Å²) >= 11 is 0. The molecule has 2 aliphatic rings. The summed E-state index contributed by atoms with van der Waals surface area (Å²) in [6.07, 6.45) is 1.80. The molecule has 6 nitrogen and oxygen atoms in total. The topological polar surface area (TPSA) is 88.4 Å². The van der Waals surface area contributed by atoms with Gasteiger partial charge in [0.15, 0.2) is 6.29 Å². The lowest BCUT2D eigenvalue weighted by atomic mass is 9.60. The SMILES string of the molecule is CCCCCO[C@@H]1[C@@H](OCCCCC)C(O)O[C@@H]2C(O)C(C)[C@@]21O. The summed E-state index contributed by atoms with van der Waals surface area (Å²) in [5.74, 6) is -0.382. The molecule has 0 aromatic carbocycles. The maximum atomic E-state index is 11.1. The zero-order valence-electron chi connectivity index (χ0n) is 15.2. The van der Waals surface area contributed by atoms with Gasteiger partial charge in [-0.2, -0.15) is 0 Å². The van der Waals surface area contributed by atoms with Crippen molar-refractivity contribution in [1.82, 2.24) is 0 Å². The van der Waals surface area contributed by atoms with Gasteiger partial charge in [-0.15, -0.1) is 0 Å². The number of hydrogen-bond acceptors (Lipinski definition) is 6.